The standard InChI is InChI=1S/C16H8BrCl3N2O2S/c17-8-4-7(5-10(19)14(8)23)6-12-15(24)22-16(25-12)21-11-3-1-2-9(18)13(11)20/h1-6,23H,(H,21,22,24)/b12-6-. The molecule has 0 unspecified atom stereocenters. The molecule has 0 saturated carbocycles. The third kappa shape index (κ3) is 4.15. The highest BCUT2D eigenvalue weighted by Gasteiger charge is 2.24. The summed E-state index contributed by atoms with van der Waals surface area (Å²) in [5, 5.41) is 13.6. The first kappa shape index (κ1) is 18.6. The normalized spacial score (nSPS) is 17.4. The number of rotatable bonds is 2. The second-order valence-corrected chi connectivity index (χ2v) is 7.97. The van der Waals surface area contributed by atoms with Gasteiger partial charge in [-0.15, -0.1) is 0 Å². The molecule has 4 nitrogen and oxygen atoms in total. The smallest absolute Gasteiger partial charge is 0.264 e. The van der Waals surface area contributed by atoms with Crippen LogP contribution in [0.25, 0.3) is 6.08 Å². The second-order valence-electron chi connectivity index (χ2n) is 4.89. The molecule has 128 valence electrons. The molecule has 1 amide bonds. The average molecular weight is 479 g/mol. The molecule has 0 atom stereocenters. The Morgan fingerprint density at radius 1 is 1.20 bits per heavy atom. The molecule has 2 aromatic rings. The van der Waals surface area contributed by atoms with E-state index in [0.717, 1.165) is 0 Å². The molecule has 0 spiro atoms. The van der Waals surface area contributed by atoms with Gasteiger partial charge in [-0.3, -0.25) is 4.79 Å². The van der Waals surface area contributed by atoms with Crippen molar-refractivity contribution < 1.29 is 9.90 Å². The second kappa shape index (κ2) is 7.60. The molecule has 9 heteroatoms. The number of benzene rings is 2. The predicted octanol–water partition coefficient (Wildman–Crippen LogP) is 6.01. The van der Waals surface area contributed by atoms with Gasteiger partial charge < -0.3 is 10.4 Å². The monoisotopic (exact) mass is 476 g/mol. The zero-order chi connectivity index (χ0) is 18.1. The number of carbonyl (C=O) groups is 1. The number of carbonyl (C=O) groups excluding carboxylic acids is 1. The molecule has 1 fully saturated rings. The van der Waals surface area contributed by atoms with Gasteiger partial charge in [-0.2, -0.15) is 0 Å². The number of phenols is 1. The molecule has 2 N–H and O–H groups in total. The van der Waals surface area contributed by atoms with Crippen molar-refractivity contribution in [3.63, 3.8) is 0 Å². The number of nitrogens with one attached hydrogen (secondary N) is 1. The van der Waals surface area contributed by atoms with Crippen LogP contribution in [0.3, 0.4) is 0 Å². The molecule has 0 bridgehead atoms. The lowest BCUT2D eigenvalue weighted by Crippen LogP contribution is -2.19. The van der Waals surface area contributed by atoms with Crippen molar-refractivity contribution in [1.29, 1.82) is 0 Å². The fourth-order valence-electron chi connectivity index (χ4n) is 1.99. The lowest BCUT2D eigenvalue weighted by atomic mass is 10.2. The van der Waals surface area contributed by atoms with Crippen LogP contribution in [0.5, 0.6) is 5.75 Å². The van der Waals surface area contributed by atoms with Crippen LogP contribution in [0.15, 0.2) is 44.7 Å². The summed E-state index contributed by atoms with van der Waals surface area (Å²) >= 11 is 22.4. The Balaban J connectivity index is 1.90. The SMILES string of the molecule is O=C1NC(=Nc2cccc(Cl)c2Cl)S/C1=C\c1cc(Cl)c(O)c(Br)c1. The first-order chi connectivity index (χ1) is 11.8. The molecule has 0 aliphatic carbocycles. The van der Waals surface area contributed by atoms with Crippen LogP contribution >= 0.6 is 62.5 Å². The molecule has 1 aliphatic rings. The molecule has 25 heavy (non-hydrogen) atoms. The lowest BCUT2D eigenvalue weighted by molar-refractivity contribution is -0.115. The van der Waals surface area contributed by atoms with Crippen molar-refractivity contribution in [2.45, 2.75) is 0 Å². The summed E-state index contributed by atoms with van der Waals surface area (Å²) < 4.78 is 0.440. The molecule has 0 radical (unpaired) electrons. The fraction of sp³-hybridized carbons (Fsp3) is 0. The van der Waals surface area contributed by atoms with Gasteiger partial charge in [0.2, 0.25) is 0 Å². The van der Waals surface area contributed by atoms with Crippen LogP contribution in [0.4, 0.5) is 5.69 Å². The van der Waals surface area contributed by atoms with Gasteiger partial charge in [0.25, 0.3) is 5.91 Å². The Morgan fingerprint density at radius 2 is 1.96 bits per heavy atom. The number of aromatic hydroxyl groups is 1. The number of amidine groups is 1. The highest BCUT2D eigenvalue weighted by atomic mass is 79.9. The summed E-state index contributed by atoms with van der Waals surface area (Å²) in [6.07, 6.45) is 1.65. The van der Waals surface area contributed by atoms with Crippen LogP contribution < -0.4 is 5.32 Å². The predicted molar refractivity (Wildman–Crippen MR) is 108 cm³/mol. The van der Waals surface area contributed by atoms with Gasteiger partial charge >= 0.3 is 0 Å². The van der Waals surface area contributed by atoms with Crippen LogP contribution in [0.2, 0.25) is 15.1 Å². The van der Waals surface area contributed by atoms with Gasteiger partial charge in [-0.25, -0.2) is 4.99 Å². The number of hydrogen-bond acceptors (Lipinski definition) is 4. The first-order valence-electron chi connectivity index (χ1n) is 6.77. The van der Waals surface area contributed by atoms with E-state index >= 15 is 0 Å². The van der Waals surface area contributed by atoms with Crippen molar-refractivity contribution in [2.75, 3.05) is 0 Å². The van der Waals surface area contributed by atoms with Crippen LogP contribution in [0.1, 0.15) is 5.56 Å². The third-order valence-corrected chi connectivity index (χ3v) is 5.75. The number of halogens is 4. The van der Waals surface area contributed by atoms with E-state index in [4.69, 9.17) is 34.8 Å². The number of phenolic OH excluding ortho intramolecular Hbond substituents is 1. The fourth-order valence-corrected chi connectivity index (χ4v) is 3.98. The maximum absolute atomic E-state index is 12.1. The van der Waals surface area contributed by atoms with Gasteiger partial charge in [0.05, 0.1) is 30.1 Å². The summed E-state index contributed by atoms with van der Waals surface area (Å²) in [4.78, 5) is 16.9. The van der Waals surface area contributed by atoms with E-state index in [0.29, 0.717) is 35.8 Å². The summed E-state index contributed by atoms with van der Waals surface area (Å²) in [6, 6.07) is 8.30. The Labute approximate surface area is 171 Å². The Morgan fingerprint density at radius 3 is 2.68 bits per heavy atom. The number of thioether (sulfide) groups is 1. The van der Waals surface area contributed by atoms with E-state index < -0.39 is 0 Å². The summed E-state index contributed by atoms with van der Waals surface area (Å²) in [5.41, 5.74) is 1.13. The van der Waals surface area contributed by atoms with E-state index in [9.17, 15) is 9.90 Å². The molecular formula is C16H8BrCl3N2O2S. The molecule has 1 heterocycles. The Bertz CT molecular complexity index is 924. The van der Waals surface area contributed by atoms with Gasteiger partial charge in [-0.05, 0) is 63.6 Å². The Hall–Kier alpha value is -1.18. The van der Waals surface area contributed by atoms with Gasteiger partial charge in [0, 0.05) is 0 Å². The molecule has 3 rings (SSSR count). The first-order valence-corrected chi connectivity index (χ1v) is 9.51. The number of nitrogens with zero attached hydrogens (tertiary/aromatic N) is 1. The van der Waals surface area contributed by atoms with E-state index in [1.807, 2.05) is 0 Å². The van der Waals surface area contributed by atoms with Crippen molar-refractivity contribution in [1.82, 2.24) is 5.32 Å². The maximum atomic E-state index is 12.1. The number of amides is 1. The summed E-state index contributed by atoms with van der Waals surface area (Å²) in [6.45, 7) is 0. The van der Waals surface area contributed by atoms with E-state index in [2.05, 4.69) is 26.2 Å². The largest absolute Gasteiger partial charge is 0.505 e. The van der Waals surface area contributed by atoms with Crippen LogP contribution in [-0.4, -0.2) is 16.2 Å². The highest BCUT2D eigenvalue weighted by molar-refractivity contribution is 9.10. The minimum atomic E-state index is -0.290. The van der Waals surface area contributed by atoms with Gasteiger partial charge in [0.15, 0.2) is 5.17 Å². The minimum absolute atomic E-state index is 0.0507. The number of aliphatic imine (C=N–C) groups is 1. The Kier molecular flexibility index (Phi) is 5.65. The minimum Gasteiger partial charge on any atom is -0.505 e. The van der Waals surface area contributed by atoms with Crippen molar-refractivity contribution in [3.05, 3.63) is 60.3 Å². The molecule has 1 aliphatic heterocycles. The summed E-state index contributed by atoms with van der Waals surface area (Å²) in [7, 11) is 0. The molecule has 2 aromatic carbocycles. The molecule has 0 aromatic heterocycles. The zero-order valence-corrected chi connectivity index (χ0v) is 16.9. The highest BCUT2D eigenvalue weighted by Crippen LogP contribution is 2.36. The van der Waals surface area contributed by atoms with Crippen molar-refractivity contribution in [3.8, 4) is 5.75 Å². The topological polar surface area (TPSA) is 61.7 Å². The molecular weight excluding hydrogens is 471 g/mol. The van der Waals surface area contributed by atoms with E-state index in [1.165, 1.54) is 11.8 Å². The lowest BCUT2D eigenvalue weighted by Gasteiger charge is -2.02. The van der Waals surface area contributed by atoms with Crippen molar-refractivity contribution in [2.24, 2.45) is 4.99 Å². The van der Waals surface area contributed by atoms with Gasteiger partial charge in [0.1, 0.15) is 5.75 Å². The molecule has 1 saturated heterocycles. The van der Waals surface area contributed by atoms with Crippen LogP contribution in [0, 0.1) is 0 Å². The third-order valence-electron chi connectivity index (χ3n) is 3.14. The summed E-state index contributed by atoms with van der Waals surface area (Å²) in [5.74, 6) is -0.340. The van der Waals surface area contributed by atoms with Crippen LogP contribution in [-0.2, 0) is 4.79 Å². The van der Waals surface area contributed by atoms with Crippen molar-refractivity contribution >= 4 is 85.3 Å². The average Bonchev–Trinajstić information content (AvgIpc) is 2.89. The zero-order valence-electron chi connectivity index (χ0n) is 12.2. The van der Waals surface area contributed by atoms with E-state index in [1.54, 1.807) is 36.4 Å². The number of hydrogen-bond donors (Lipinski definition) is 2. The quantitative estimate of drug-likeness (QED) is 0.520. The van der Waals surface area contributed by atoms with Gasteiger partial charge in [-0.1, -0.05) is 40.9 Å². The maximum Gasteiger partial charge on any atom is 0.264 e. The van der Waals surface area contributed by atoms with E-state index in [-0.39, 0.29) is 16.7 Å².